The second-order valence-electron chi connectivity index (χ2n) is 4.03. The molecule has 0 saturated carbocycles. The van der Waals surface area contributed by atoms with Gasteiger partial charge in [0.15, 0.2) is 5.78 Å². The van der Waals surface area contributed by atoms with Crippen molar-refractivity contribution in [2.24, 2.45) is 5.41 Å². The molecule has 2 nitrogen and oxygen atoms in total. The number of rotatable bonds is 2. The van der Waals surface area contributed by atoms with Crippen molar-refractivity contribution < 1.29 is 4.79 Å². The maximum atomic E-state index is 11.5. The maximum absolute atomic E-state index is 11.5. The van der Waals surface area contributed by atoms with Gasteiger partial charge in [-0.15, -0.1) is 11.3 Å². The minimum Gasteiger partial charge on any atom is -0.293 e. The summed E-state index contributed by atoms with van der Waals surface area (Å²) >= 11 is 1.41. The van der Waals surface area contributed by atoms with Gasteiger partial charge >= 0.3 is 0 Å². The number of ketones is 1. The van der Waals surface area contributed by atoms with Crippen LogP contribution in [-0.2, 0) is 0 Å². The molecule has 0 aromatic carbocycles. The standard InChI is InChI=1S/C9H13NOS/c1-9(2,3)4-7(11)8-5-10-6-12-8/h5-6H,4H2,1-3H3. The molecule has 0 bridgehead atoms. The predicted molar refractivity (Wildman–Crippen MR) is 50.5 cm³/mol. The van der Waals surface area contributed by atoms with Gasteiger partial charge in [0.05, 0.1) is 10.4 Å². The summed E-state index contributed by atoms with van der Waals surface area (Å²) in [6.45, 7) is 6.18. The molecular formula is C9H13NOS. The van der Waals surface area contributed by atoms with E-state index in [-0.39, 0.29) is 11.2 Å². The summed E-state index contributed by atoms with van der Waals surface area (Å²) in [6.07, 6.45) is 2.23. The molecule has 1 rings (SSSR count). The number of aromatic nitrogens is 1. The normalized spacial score (nSPS) is 11.6. The Balaban J connectivity index is 2.63. The van der Waals surface area contributed by atoms with Crippen molar-refractivity contribution >= 4 is 17.1 Å². The van der Waals surface area contributed by atoms with Crippen LogP contribution in [0.2, 0.25) is 0 Å². The Morgan fingerprint density at radius 3 is 2.67 bits per heavy atom. The summed E-state index contributed by atoms with van der Waals surface area (Å²) in [6, 6.07) is 0. The van der Waals surface area contributed by atoms with Crippen molar-refractivity contribution in [3.63, 3.8) is 0 Å². The topological polar surface area (TPSA) is 30.0 Å². The molecular weight excluding hydrogens is 170 g/mol. The Labute approximate surface area is 76.6 Å². The molecule has 0 radical (unpaired) electrons. The number of thiazole rings is 1. The molecule has 0 aliphatic carbocycles. The minimum absolute atomic E-state index is 0.0705. The van der Waals surface area contributed by atoms with Crippen molar-refractivity contribution in [1.29, 1.82) is 0 Å². The van der Waals surface area contributed by atoms with Crippen LogP contribution in [0.1, 0.15) is 36.9 Å². The first kappa shape index (κ1) is 9.39. The second kappa shape index (κ2) is 3.35. The Morgan fingerprint density at radius 2 is 2.25 bits per heavy atom. The summed E-state index contributed by atoms with van der Waals surface area (Å²) in [4.78, 5) is 16.1. The number of hydrogen-bond donors (Lipinski definition) is 0. The highest BCUT2D eigenvalue weighted by Crippen LogP contribution is 2.22. The molecule has 0 spiro atoms. The average molecular weight is 183 g/mol. The van der Waals surface area contributed by atoms with Crippen LogP contribution in [0, 0.1) is 5.41 Å². The zero-order chi connectivity index (χ0) is 9.19. The lowest BCUT2D eigenvalue weighted by atomic mass is 9.90. The minimum atomic E-state index is 0.0705. The lowest BCUT2D eigenvalue weighted by molar-refractivity contribution is 0.0944. The van der Waals surface area contributed by atoms with Gasteiger partial charge in [-0.3, -0.25) is 9.78 Å². The molecule has 1 heterocycles. The molecule has 0 atom stereocenters. The first-order valence-corrected chi connectivity index (χ1v) is 4.79. The van der Waals surface area contributed by atoms with Crippen LogP contribution in [0.5, 0.6) is 0 Å². The highest BCUT2D eigenvalue weighted by molar-refractivity contribution is 7.11. The zero-order valence-corrected chi connectivity index (χ0v) is 8.44. The van der Waals surface area contributed by atoms with Gasteiger partial charge in [-0.2, -0.15) is 0 Å². The molecule has 12 heavy (non-hydrogen) atoms. The molecule has 0 fully saturated rings. The van der Waals surface area contributed by atoms with Crippen LogP contribution in [0.25, 0.3) is 0 Å². The van der Waals surface area contributed by atoms with Gasteiger partial charge in [-0.05, 0) is 5.41 Å². The SMILES string of the molecule is CC(C)(C)CC(=O)c1cncs1. The van der Waals surface area contributed by atoms with E-state index in [2.05, 4.69) is 25.8 Å². The van der Waals surface area contributed by atoms with Gasteiger partial charge in [0, 0.05) is 12.6 Å². The lowest BCUT2D eigenvalue weighted by Gasteiger charge is -2.15. The smallest absolute Gasteiger partial charge is 0.174 e. The number of carbonyl (C=O) groups excluding carboxylic acids is 1. The van der Waals surface area contributed by atoms with Gasteiger partial charge in [-0.25, -0.2) is 0 Å². The Hall–Kier alpha value is -0.700. The molecule has 0 N–H and O–H groups in total. The van der Waals surface area contributed by atoms with Crippen molar-refractivity contribution in [2.75, 3.05) is 0 Å². The number of Topliss-reactive ketones (excluding diaryl/α,β-unsaturated/α-hetero) is 1. The first-order valence-electron chi connectivity index (χ1n) is 3.91. The van der Waals surface area contributed by atoms with Crippen LogP contribution < -0.4 is 0 Å². The van der Waals surface area contributed by atoms with Crippen LogP contribution in [0.3, 0.4) is 0 Å². The van der Waals surface area contributed by atoms with E-state index >= 15 is 0 Å². The molecule has 3 heteroatoms. The quantitative estimate of drug-likeness (QED) is 0.660. The summed E-state index contributed by atoms with van der Waals surface area (Å²) in [5.74, 6) is 0.199. The third-order valence-corrected chi connectivity index (χ3v) is 2.21. The van der Waals surface area contributed by atoms with E-state index in [0.29, 0.717) is 6.42 Å². The first-order chi connectivity index (χ1) is 5.49. The predicted octanol–water partition coefficient (Wildman–Crippen LogP) is 2.76. The van der Waals surface area contributed by atoms with Crippen molar-refractivity contribution in [2.45, 2.75) is 27.2 Å². The molecule has 0 saturated heterocycles. The number of hydrogen-bond acceptors (Lipinski definition) is 3. The molecule has 0 aliphatic rings. The van der Waals surface area contributed by atoms with Gasteiger partial charge in [0.25, 0.3) is 0 Å². The fraction of sp³-hybridized carbons (Fsp3) is 0.556. The van der Waals surface area contributed by atoms with E-state index in [1.54, 1.807) is 11.7 Å². The van der Waals surface area contributed by atoms with E-state index < -0.39 is 0 Å². The molecule has 1 aromatic heterocycles. The molecule has 0 unspecified atom stereocenters. The third kappa shape index (κ3) is 2.74. The van der Waals surface area contributed by atoms with Crippen LogP contribution in [0.4, 0.5) is 0 Å². The number of nitrogens with zero attached hydrogens (tertiary/aromatic N) is 1. The molecule has 66 valence electrons. The summed E-state index contributed by atoms with van der Waals surface area (Å²) < 4.78 is 0. The van der Waals surface area contributed by atoms with E-state index in [0.717, 1.165) is 4.88 Å². The van der Waals surface area contributed by atoms with Gasteiger partial charge in [0.2, 0.25) is 0 Å². The zero-order valence-electron chi connectivity index (χ0n) is 7.63. The van der Waals surface area contributed by atoms with Crippen LogP contribution >= 0.6 is 11.3 Å². The largest absolute Gasteiger partial charge is 0.293 e. The molecule has 1 aromatic rings. The fourth-order valence-electron chi connectivity index (χ4n) is 0.922. The monoisotopic (exact) mass is 183 g/mol. The van der Waals surface area contributed by atoms with Crippen LogP contribution in [0.15, 0.2) is 11.7 Å². The maximum Gasteiger partial charge on any atom is 0.174 e. The van der Waals surface area contributed by atoms with Gasteiger partial charge in [-0.1, -0.05) is 20.8 Å². The van der Waals surface area contributed by atoms with Crippen molar-refractivity contribution in [3.8, 4) is 0 Å². The van der Waals surface area contributed by atoms with Crippen LogP contribution in [-0.4, -0.2) is 10.8 Å². The summed E-state index contributed by atoms with van der Waals surface area (Å²) in [5.41, 5.74) is 1.76. The summed E-state index contributed by atoms with van der Waals surface area (Å²) in [7, 11) is 0. The van der Waals surface area contributed by atoms with E-state index in [1.165, 1.54) is 11.3 Å². The average Bonchev–Trinajstić information content (AvgIpc) is 2.32. The third-order valence-electron chi connectivity index (χ3n) is 1.40. The van der Waals surface area contributed by atoms with Crippen molar-refractivity contribution in [3.05, 3.63) is 16.6 Å². The summed E-state index contributed by atoms with van der Waals surface area (Å²) in [5, 5.41) is 0. The highest BCUT2D eigenvalue weighted by Gasteiger charge is 2.17. The number of carbonyl (C=O) groups is 1. The Morgan fingerprint density at radius 1 is 1.58 bits per heavy atom. The Bertz CT molecular complexity index is 259. The molecule has 0 amide bonds. The van der Waals surface area contributed by atoms with E-state index in [1.807, 2.05) is 0 Å². The van der Waals surface area contributed by atoms with Gasteiger partial charge in [0.1, 0.15) is 0 Å². The van der Waals surface area contributed by atoms with E-state index in [4.69, 9.17) is 0 Å². The van der Waals surface area contributed by atoms with E-state index in [9.17, 15) is 4.79 Å². The lowest BCUT2D eigenvalue weighted by Crippen LogP contribution is -2.11. The molecule has 0 aliphatic heterocycles. The Kier molecular flexibility index (Phi) is 2.62. The van der Waals surface area contributed by atoms with Gasteiger partial charge < -0.3 is 0 Å². The van der Waals surface area contributed by atoms with Crippen molar-refractivity contribution in [1.82, 2.24) is 4.98 Å². The second-order valence-corrected chi connectivity index (χ2v) is 4.91. The highest BCUT2D eigenvalue weighted by atomic mass is 32.1. The fourth-order valence-corrected chi connectivity index (χ4v) is 1.48.